The van der Waals surface area contributed by atoms with Crippen LogP contribution in [0.1, 0.15) is 202 Å². The van der Waals surface area contributed by atoms with Crippen LogP contribution in [0.25, 0.3) is 11.2 Å². The number of rotatable bonds is 53. The van der Waals surface area contributed by atoms with Crippen molar-refractivity contribution in [1.82, 2.24) is 82.8 Å². The average molecular weight is 2040 g/mol. The molecule has 18 unspecified atom stereocenters. The molecule has 2 aliphatic heterocycles. The van der Waals surface area contributed by atoms with Gasteiger partial charge in [0.25, 0.3) is 17.4 Å². The number of amides is 10. The van der Waals surface area contributed by atoms with Gasteiger partial charge in [-0.25, -0.2) is 25.2 Å². The van der Waals surface area contributed by atoms with Gasteiger partial charge in [-0.15, -0.1) is 11.3 Å². The molecule has 0 spiro atoms. The van der Waals surface area contributed by atoms with Crippen molar-refractivity contribution in [3.05, 3.63) is 98.0 Å². The number of carbonyl (C=O) groups is 14. The number of nitrogens with zero attached hydrogens (tertiary/aromatic N) is 6. The second kappa shape index (κ2) is 56.3. The maximum atomic E-state index is 15.1. The molecule has 2 fully saturated rings. The van der Waals surface area contributed by atoms with Crippen LogP contribution in [0.2, 0.25) is 0 Å². The number of carbonyl (C=O) groups excluding carboxylic acids is 12. The number of benzene rings is 2. The van der Waals surface area contributed by atoms with Crippen molar-refractivity contribution >= 4 is 139 Å². The van der Waals surface area contributed by atoms with E-state index >= 15 is 4.79 Å². The van der Waals surface area contributed by atoms with Crippen LogP contribution in [0, 0.1) is 29.6 Å². The number of aliphatic hydroxyl groups is 7. The summed E-state index contributed by atoms with van der Waals surface area (Å²) in [4.78, 5) is 229. The van der Waals surface area contributed by atoms with Crippen molar-refractivity contribution in [3.8, 4) is 5.75 Å². The number of fused-ring (bicyclic) bond motifs is 1. The lowest BCUT2D eigenvalue weighted by molar-refractivity contribution is -0.161. The van der Waals surface area contributed by atoms with Crippen LogP contribution in [0.15, 0.2) is 64.9 Å². The van der Waals surface area contributed by atoms with E-state index in [1.807, 2.05) is 39.6 Å². The predicted octanol–water partition coefficient (Wildman–Crippen LogP) is 0.838. The number of aromatic amines is 1. The van der Waals surface area contributed by atoms with Crippen molar-refractivity contribution in [3.63, 3.8) is 0 Å². The molecule has 2 aromatic carbocycles. The van der Waals surface area contributed by atoms with E-state index in [0.717, 1.165) is 45.8 Å². The molecule has 5 aromatic rings. The number of ether oxygens (including phenoxy) is 4. The van der Waals surface area contributed by atoms with Gasteiger partial charge in [0.2, 0.25) is 47.3 Å². The zero-order valence-corrected chi connectivity index (χ0v) is 83.0. The first kappa shape index (κ1) is 116. The maximum Gasteiger partial charge on any atom is 0.426 e. The van der Waals surface area contributed by atoms with E-state index in [0.29, 0.717) is 42.8 Å². The van der Waals surface area contributed by atoms with Gasteiger partial charge in [0.1, 0.15) is 77.8 Å². The fraction of sp³-hybridized carbons (Fsp3) is 0.615. The number of phenolic OH excluding ortho intramolecular Hbond substituents is 1. The predicted molar refractivity (Wildman–Crippen MR) is 514 cm³/mol. The largest absolute Gasteiger partial charge is 0.508 e. The molecule has 780 valence electrons. The Morgan fingerprint density at radius 1 is 0.809 bits per heavy atom. The van der Waals surface area contributed by atoms with Crippen LogP contribution in [-0.4, -0.2) is 318 Å². The van der Waals surface area contributed by atoms with Gasteiger partial charge >= 0.3 is 30.0 Å². The summed E-state index contributed by atoms with van der Waals surface area (Å²) in [7, 11) is 3.77. The molecule has 23 N–H and O–H groups in total. The van der Waals surface area contributed by atoms with Gasteiger partial charge in [-0.1, -0.05) is 109 Å². The summed E-state index contributed by atoms with van der Waals surface area (Å²) < 4.78 is 22.6. The number of carboxylic acids is 2. The van der Waals surface area contributed by atoms with E-state index in [2.05, 4.69) is 78.3 Å². The van der Waals surface area contributed by atoms with E-state index in [-0.39, 0.29) is 139 Å². The van der Waals surface area contributed by atoms with E-state index in [9.17, 15) is 118 Å². The highest BCUT2D eigenvalue weighted by Crippen LogP contribution is 2.37. The van der Waals surface area contributed by atoms with Crippen molar-refractivity contribution in [2.75, 3.05) is 75.9 Å². The number of anilines is 2. The first-order valence-corrected chi connectivity index (χ1v) is 50.0. The number of phenols is 1. The molecule has 0 bridgehead atoms. The van der Waals surface area contributed by atoms with Crippen LogP contribution in [0.4, 0.5) is 16.4 Å². The number of H-pyrrole nitrogens is 1. The molecule has 50 heteroatoms. The van der Waals surface area contributed by atoms with Crippen LogP contribution >= 0.6 is 32.9 Å². The molecule has 5 heterocycles. The number of nitrogens with one attached hydrogen (secondary N) is 11. The molecule has 0 saturated carbocycles. The molecule has 0 radical (unpaired) electrons. The fourth-order valence-corrected chi connectivity index (χ4v) is 19.3. The van der Waals surface area contributed by atoms with Crippen molar-refractivity contribution in [2.45, 2.75) is 262 Å². The number of aliphatic hydroxyl groups excluding tert-OH is 7. The van der Waals surface area contributed by atoms with Crippen LogP contribution in [0.3, 0.4) is 0 Å². The molecule has 47 nitrogen and oxygen atoms in total. The van der Waals surface area contributed by atoms with E-state index in [4.69, 9.17) is 24.7 Å². The SMILES string of the molecule is CCCC(=O)OCN(C(=O)C(NC(=O)C1CCCCN1C)C(C)CC)C(CC(OC(C)=O)c1nc(C(=O)NC(Cc2ccc(O)cc2)CC(C)C(=O)NNC(=O)OCCSSCC(C(=O)O)C2(CC)COCC(O)C(O)C(O)C(NC(=O)C(CC(=O)O)C(CC)(CC)NC(=O)C(NC(=O)CCCNC(=O)c3ccc(NCc4cnc5nc(N)[nH]c(=O)c5n4)cc3)C(O)C(O)C(O)CO)C(=O)N2)cs1)C(C)C. The molecule has 0 aliphatic carbocycles. The van der Waals surface area contributed by atoms with Gasteiger partial charge in [0, 0.05) is 78.9 Å². The molecular weight excluding hydrogens is 1910 g/mol. The number of likely N-dealkylation sites (N-methyl/N-ethyl adjacent to an activating group) is 1. The summed E-state index contributed by atoms with van der Waals surface area (Å²) in [6.45, 7) is 13.3. The van der Waals surface area contributed by atoms with Crippen LogP contribution < -0.4 is 64.7 Å². The second-order valence-electron chi connectivity index (χ2n) is 35.3. The Balaban J connectivity index is 0.961. The minimum absolute atomic E-state index is 0.0251. The van der Waals surface area contributed by atoms with E-state index in [1.54, 1.807) is 31.2 Å². The summed E-state index contributed by atoms with van der Waals surface area (Å²) in [5.41, 5.74) is 7.06. The van der Waals surface area contributed by atoms with E-state index < -0.39 is 230 Å². The number of carboxylic acid groups (broad SMARTS) is 2. The maximum absolute atomic E-state index is 15.1. The summed E-state index contributed by atoms with van der Waals surface area (Å²) >= 11 is 0.994. The highest BCUT2D eigenvalue weighted by atomic mass is 33.1. The third kappa shape index (κ3) is 34.1. The lowest BCUT2D eigenvalue weighted by atomic mass is 9.76. The van der Waals surface area contributed by atoms with Gasteiger partial charge in [-0.2, -0.15) is 4.98 Å². The van der Waals surface area contributed by atoms with Gasteiger partial charge < -0.3 is 123 Å². The van der Waals surface area contributed by atoms with Crippen LogP contribution in [0.5, 0.6) is 5.75 Å². The second-order valence-corrected chi connectivity index (χ2v) is 38.8. The molecule has 2 aliphatic rings. The van der Waals surface area contributed by atoms with Gasteiger partial charge in [0.05, 0.1) is 73.6 Å². The smallest absolute Gasteiger partial charge is 0.426 e. The minimum Gasteiger partial charge on any atom is -0.508 e. The van der Waals surface area contributed by atoms with Gasteiger partial charge in [-0.3, -0.25) is 82.4 Å². The Kier molecular flexibility index (Phi) is 46.5. The molecular formula is C91H134N18O29S3. The quantitative estimate of drug-likeness (QED) is 0.00640. The third-order valence-corrected chi connectivity index (χ3v) is 28.2. The first-order valence-electron chi connectivity index (χ1n) is 46.6. The number of nitrogens with two attached hydrogens (primary N) is 1. The number of aromatic hydroxyl groups is 1. The number of likely N-dealkylation sites (tertiary alicyclic amines) is 1. The van der Waals surface area contributed by atoms with Gasteiger partial charge in [-0.05, 0) is 125 Å². The zero-order valence-electron chi connectivity index (χ0n) is 80.6. The van der Waals surface area contributed by atoms with Gasteiger partial charge in [0.15, 0.2) is 24.0 Å². The van der Waals surface area contributed by atoms with Crippen molar-refractivity contribution < 1.29 is 137 Å². The highest BCUT2D eigenvalue weighted by molar-refractivity contribution is 8.76. The summed E-state index contributed by atoms with van der Waals surface area (Å²) in [5.74, 6) is -18.5. The Morgan fingerprint density at radius 3 is 2.14 bits per heavy atom. The molecule has 141 heavy (non-hydrogen) atoms. The zero-order chi connectivity index (χ0) is 104. The minimum atomic E-state index is -2.49. The number of esters is 2. The Bertz CT molecular complexity index is 5100. The lowest BCUT2D eigenvalue weighted by Crippen LogP contribution is -2.69. The summed E-state index contributed by atoms with van der Waals surface area (Å²) in [5, 5.41) is 131. The Labute approximate surface area is 825 Å². The number of aromatic nitrogens is 5. The average Bonchev–Trinajstić information content (AvgIpc) is 1.65. The van der Waals surface area contributed by atoms with Crippen LogP contribution in [-0.2, 0) is 84.7 Å². The number of hydrogen-bond donors (Lipinski definition) is 22. The first-order chi connectivity index (χ1) is 66.9. The molecule has 10 amide bonds. The molecule has 18 atom stereocenters. The standard InChI is InChI=1S/C91H134N18O29S3/c1-12-20-67(118)137-46-109(86(131)68(48(8)13-2)100-81(127)60-21-17-18-32-108(60)11)61(47(6)7)38-64(138-50(10)111)85-98-59(44-139-85)80(126)97-54(36-51-23-29-56(112)30-24-51)35-49(9)77(123)106-107-89(134)136-33-34-140-141-43-58(87(132)133)91(16-5)45-135-42-63(114)73(120)75(122)70(84(130)105-91)101-79(125)57(37-66(116)117)90(14-3,15-4)104-83(129)69(74(121)72(119)62(113)41-110)99-65(115)22-19-31-93-78(124)52-25-27-53(28-26-52)94-39-55-40-95-76-71(96-55)82(128)103-88(92)102-76/h23-30,40,44,47-49,54,57-58,60-64,68-70,72-75,94,110,112-114,119-122H,12-22,31-39,41-43,45-46H2,1-11H3,(H,93,124)(H,97,126)(H,99,115)(H,100,127)(H,101,125)(H,104,129)(H,105,130)(H,106,123)(H,107,134)(H,116,117)(H,132,133)(H3,92,95,102,103,128). The molecule has 2 saturated heterocycles. The summed E-state index contributed by atoms with van der Waals surface area (Å²) in [6.07, 6.45) is -14.1. The number of aliphatic carboxylic acids is 2. The third-order valence-electron chi connectivity index (χ3n) is 24.9. The van der Waals surface area contributed by atoms with Crippen molar-refractivity contribution in [2.24, 2.45) is 29.6 Å². The van der Waals surface area contributed by atoms with Crippen molar-refractivity contribution in [1.29, 1.82) is 0 Å². The number of nitrogen functional groups attached to an aromatic ring is 1. The monoisotopic (exact) mass is 2040 g/mol. The number of hydrogen-bond acceptors (Lipinski definition) is 37. The summed E-state index contributed by atoms with van der Waals surface area (Å²) in [6, 6.07) is 4.43. The highest BCUT2D eigenvalue weighted by Gasteiger charge is 2.52. The fourth-order valence-electron chi connectivity index (χ4n) is 16.3. The van der Waals surface area contributed by atoms with E-state index in [1.165, 1.54) is 75.4 Å². The normalized spacial score (nSPS) is 19.5. The number of thiazole rings is 1. The molecule has 3 aromatic heterocycles. The number of piperidine rings is 1. The molecule has 7 rings (SSSR count). The Hall–Kier alpha value is -11.6. The topological polar surface area (TPSA) is 715 Å². The Morgan fingerprint density at radius 2 is 1.51 bits per heavy atom. The number of hydrazine groups is 1. The lowest BCUT2D eigenvalue weighted by Gasteiger charge is -2.43.